The summed E-state index contributed by atoms with van der Waals surface area (Å²) in [6.45, 7) is 4.12. The number of nitrogens with zero attached hydrogens (tertiary/aromatic N) is 2. The number of rotatable bonds is 4. The highest BCUT2D eigenvalue weighted by molar-refractivity contribution is 6.01. The minimum absolute atomic E-state index is 0.00282. The molecule has 160 valence electrons. The van der Waals surface area contributed by atoms with E-state index in [-0.39, 0.29) is 11.6 Å². The van der Waals surface area contributed by atoms with Crippen molar-refractivity contribution in [3.63, 3.8) is 0 Å². The average molecular weight is 416 g/mol. The number of carbonyl (C=O) groups is 4. The summed E-state index contributed by atoms with van der Waals surface area (Å²) in [5, 5.41) is 12.9. The minimum atomic E-state index is -0.430. The zero-order valence-corrected chi connectivity index (χ0v) is 17.0. The molecule has 2 N–H and O–H groups in total. The van der Waals surface area contributed by atoms with E-state index in [2.05, 4.69) is 20.4 Å². The fraction of sp³-hybridized carbons (Fsp3) is 0.500. The lowest BCUT2D eigenvalue weighted by Gasteiger charge is -2.09. The van der Waals surface area contributed by atoms with Gasteiger partial charge in [-0.3, -0.25) is 19.8 Å². The van der Waals surface area contributed by atoms with Gasteiger partial charge in [0.25, 0.3) is 0 Å². The number of ether oxygens (including phenoxy) is 2. The molecule has 2 aliphatic rings. The van der Waals surface area contributed by atoms with Gasteiger partial charge in [-0.25, -0.2) is 9.59 Å². The molecule has 0 unspecified atom stereocenters. The average Bonchev–Trinajstić information content (AvgIpc) is 3.35. The first-order valence-corrected chi connectivity index (χ1v) is 10.0. The predicted octanol–water partition coefficient (Wildman–Crippen LogP) is 2.21. The second-order valence-corrected chi connectivity index (χ2v) is 6.85. The van der Waals surface area contributed by atoms with Gasteiger partial charge < -0.3 is 9.47 Å². The van der Waals surface area contributed by atoms with Crippen LogP contribution in [-0.4, -0.2) is 57.1 Å². The van der Waals surface area contributed by atoms with Gasteiger partial charge in [-0.15, -0.1) is 0 Å². The summed E-state index contributed by atoms with van der Waals surface area (Å²) < 4.78 is 9.73. The van der Waals surface area contributed by atoms with Crippen LogP contribution in [0.2, 0.25) is 0 Å². The number of aromatic nitrogens is 4. The Kier molecular flexibility index (Phi) is 6.76. The standard InChI is InChI=1S/2C10H12N2O3/c2*1-2-15-10(14)9-6-4-3-5-7(13)8(6)11-12-9/h2*2-5H2,1H3,(H,11,12). The lowest BCUT2D eigenvalue weighted by Crippen LogP contribution is -2.13. The van der Waals surface area contributed by atoms with Gasteiger partial charge in [0.2, 0.25) is 0 Å². The van der Waals surface area contributed by atoms with Crippen molar-refractivity contribution in [1.82, 2.24) is 20.4 Å². The number of esters is 2. The van der Waals surface area contributed by atoms with Gasteiger partial charge >= 0.3 is 11.9 Å². The Morgan fingerprint density at radius 1 is 0.767 bits per heavy atom. The molecule has 0 amide bonds. The number of hydrogen-bond acceptors (Lipinski definition) is 8. The molecule has 30 heavy (non-hydrogen) atoms. The van der Waals surface area contributed by atoms with Crippen molar-refractivity contribution >= 4 is 23.5 Å². The van der Waals surface area contributed by atoms with Gasteiger partial charge in [0.05, 0.1) is 13.2 Å². The summed E-state index contributed by atoms with van der Waals surface area (Å²) in [7, 11) is 0. The Balaban J connectivity index is 0.000000171. The summed E-state index contributed by atoms with van der Waals surface area (Å²) in [6.07, 6.45) is 4.01. The highest BCUT2D eigenvalue weighted by Crippen LogP contribution is 2.23. The van der Waals surface area contributed by atoms with Crippen molar-refractivity contribution in [2.45, 2.75) is 52.4 Å². The zero-order valence-electron chi connectivity index (χ0n) is 17.0. The molecule has 10 nitrogen and oxygen atoms in total. The van der Waals surface area contributed by atoms with E-state index in [1.165, 1.54) is 0 Å². The van der Waals surface area contributed by atoms with Crippen LogP contribution < -0.4 is 0 Å². The topological polar surface area (TPSA) is 144 Å². The normalized spacial score (nSPS) is 14.9. The van der Waals surface area contributed by atoms with Crippen LogP contribution in [-0.2, 0) is 22.3 Å². The summed E-state index contributed by atoms with van der Waals surface area (Å²) in [5.41, 5.74) is 2.91. The van der Waals surface area contributed by atoms with E-state index in [1.54, 1.807) is 13.8 Å². The highest BCUT2D eigenvalue weighted by Gasteiger charge is 2.28. The lowest BCUT2D eigenvalue weighted by molar-refractivity contribution is 0.0508. The largest absolute Gasteiger partial charge is 0.461 e. The number of hydrogen-bond donors (Lipinski definition) is 2. The molecule has 0 atom stereocenters. The predicted molar refractivity (Wildman–Crippen MR) is 104 cm³/mol. The number of ketones is 2. The third kappa shape index (κ3) is 4.32. The van der Waals surface area contributed by atoms with E-state index in [1.807, 2.05) is 0 Å². The Labute approximate surface area is 172 Å². The van der Waals surface area contributed by atoms with Gasteiger partial charge in [0, 0.05) is 24.0 Å². The summed E-state index contributed by atoms with van der Waals surface area (Å²) in [6, 6.07) is 0. The van der Waals surface area contributed by atoms with Crippen LogP contribution in [0.1, 0.15) is 92.6 Å². The third-order valence-electron chi connectivity index (χ3n) is 4.88. The second kappa shape index (κ2) is 9.47. The van der Waals surface area contributed by atoms with Crippen LogP contribution in [0.25, 0.3) is 0 Å². The third-order valence-corrected chi connectivity index (χ3v) is 4.88. The zero-order chi connectivity index (χ0) is 21.7. The molecule has 0 fully saturated rings. The molecule has 0 spiro atoms. The van der Waals surface area contributed by atoms with Crippen LogP contribution in [0.3, 0.4) is 0 Å². The molecule has 2 aromatic heterocycles. The first-order chi connectivity index (χ1) is 14.5. The summed E-state index contributed by atoms with van der Waals surface area (Å²) in [5.74, 6) is -0.854. The van der Waals surface area contributed by atoms with E-state index >= 15 is 0 Å². The SMILES string of the molecule is CCOC(=O)c1[nH]nc2c1CCCC2=O.CCOC(=O)c1[nH]nc2c1CCCC2=O. The molecule has 0 saturated heterocycles. The molecule has 0 aromatic carbocycles. The molecule has 4 rings (SSSR count). The van der Waals surface area contributed by atoms with Gasteiger partial charge in [-0.2, -0.15) is 10.2 Å². The Hall–Kier alpha value is -3.30. The fourth-order valence-electron chi connectivity index (χ4n) is 3.51. The van der Waals surface area contributed by atoms with Crippen LogP contribution in [0.4, 0.5) is 0 Å². The number of nitrogens with one attached hydrogen (secondary N) is 2. The smallest absolute Gasteiger partial charge is 0.356 e. The lowest BCUT2D eigenvalue weighted by atomic mass is 9.95. The van der Waals surface area contributed by atoms with Crippen molar-refractivity contribution in [3.05, 3.63) is 33.9 Å². The molecular formula is C20H24N4O6. The number of H-pyrrole nitrogens is 2. The van der Waals surface area contributed by atoms with Crippen molar-refractivity contribution in [2.75, 3.05) is 13.2 Å². The van der Waals surface area contributed by atoms with E-state index < -0.39 is 11.9 Å². The fourth-order valence-corrected chi connectivity index (χ4v) is 3.51. The number of carbonyl (C=O) groups excluding carboxylic acids is 4. The molecule has 2 aliphatic carbocycles. The first kappa shape index (κ1) is 21.4. The van der Waals surface area contributed by atoms with E-state index in [0.717, 1.165) is 12.8 Å². The Morgan fingerprint density at radius 2 is 1.17 bits per heavy atom. The molecule has 0 aliphatic heterocycles. The summed E-state index contributed by atoms with van der Waals surface area (Å²) >= 11 is 0. The monoisotopic (exact) mass is 416 g/mol. The quantitative estimate of drug-likeness (QED) is 0.722. The van der Waals surface area contributed by atoms with E-state index in [0.29, 0.717) is 72.8 Å². The molecule has 0 saturated carbocycles. The van der Waals surface area contributed by atoms with Crippen molar-refractivity contribution < 1.29 is 28.7 Å². The van der Waals surface area contributed by atoms with Crippen LogP contribution >= 0.6 is 0 Å². The van der Waals surface area contributed by atoms with E-state index in [4.69, 9.17) is 9.47 Å². The number of fused-ring (bicyclic) bond motifs is 2. The van der Waals surface area contributed by atoms with Gasteiger partial charge in [0.15, 0.2) is 11.6 Å². The van der Waals surface area contributed by atoms with Crippen molar-refractivity contribution in [3.8, 4) is 0 Å². The minimum Gasteiger partial charge on any atom is -0.461 e. The number of Topliss-reactive ketones (excluding diaryl/α,β-unsaturated/α-hetero) is 2. The maximum atomic E-state index is 11.5. The molecule has 2 aromatic rings. The van der Waals surface area contributed by atoms with Gasteiger partial charge in [-0.05, 0) is 39.5 Å². The second-order valence-electron chi connectivity index (χ2n) is 6.85. The number of aromatic amines is 2. The molecule has 2 heterocycles. The van der Waals surface area contributed by atoms with Crippen LogP contribution in [0, 0.1) is 0 Å². The Morgan fingerprint density at radius 3 is 1.53 bits per heavy atom. The van der Waals surface area contributed by atoms with Crippen LogP contribution in [0.5, 0.6) is 0 Å². The Bertz CT molecular complexity index is 896. The maximum Gasteiger partial charge on any atom is 0.356 e. The van der Waals surface area contributed by atoms with Crippen molar-refractivity contribution in [2.24, 2.45) is 0 Å². The van der Waals surface area contributed by atoms with Gasteiger partial charge in [0.1, 0.15) is 22.8 Å². The molecule has 0 bridgehead atoms. The first-order valence-electron chi connectivity index (χ1n) is 10.0. The maximum absolute atomic E-state index is 11.5. The van der Waals surface area contributed by atoms with Crippen molar-refractivity contribution in [1.29, 1.82) is 0 Å². The molecular weight excluding hydrogens is 392 g/mol. The van der Waals surface area contributed by atoms with Crippen LogP contribution in [0.15, 0.2) is 0 Å². The highest BCUT2D eigenvalue weighted by atomic mass is 16.5. The summed E-state index contributed by atoms with van der Waals surface area (Å²) in [4.78, 5) is 45.8. The van der Waals surface area contributed by atoms with E-state index in [9.17, 15) is 19.2 Å². The molecule has 10 heteroatoms. The molecule has 0 radical (unpaired) electrons. The van der Waals surface area contributed by atoms with Gasteiger partial charge in [-0.1, -0.05) is 0 Å².